The molecule has 0 spiro atoms. The average molecular weight is 279 g/mol. The number of carbonyl (C=O) groups excluding carboxylic acids is 1. The van der Waals surface area contributed by atoms with E-state index in [1.807, 2.05) is 0 Å². The number of terminal acetylenes is 1. The minimum absolute atomic E-state index is 0.218. The van der Waals surface area contributed by atoms with Gasteiger partial charge in [0.05, 0.1) is 6.61 Å². The van der Waals surface area contributed by atoms with Gasteiger partial charge >= 0.3 is 0 Å². The van der Waals surface area contributed by atoms with Crippen molar-refractivity contribution in [3.05, 3.63) is 0 Å². The Balaban J connectivity index is 2.47. The van der Waals surface area contributed by atoms with Crippen LogP contribution in [-0.4, -0.2) is 37.1 Å². The van der Waals surface area contributed by atoms with Gasteiger partial charge < -0.3 is 9.64 Å². The molecule has 0 radical (unpaired) electrons. The van der Waals surface area contributed by atoms with E-state index < -0.39 is 0 Å². The van der Waals surface area contributed by atoms with Crippen LogP contribution in [0.3, 0.4) is 0 Å². The minimum Gasteiger partial charge on any atom is -0.368 e. The van der Waals surface area contributed by atoms with Crippen LogP contribution >= 0.6 is 0 Å². The summed E-state index contributed by atoms with van der Waals surface area (Å²) in [7, 11) is 0. The second-order valence-corrected chi connectivity index (χ2v) is 5.79. The smallest absolute Gasteiger partial charge is 0.225 e. The summed E-state index contributed by atoms with van der Waals surface area (Å²) in [6.45, 7) is 7.12. The van der Waals surface area contributed by atoms with E-state index in [2.05, 4.69) is 24.7 Å². The Hall–Kier alpha value is -1.01. The van der Waals surface area contributed by atoms with Crippen LogP contribution in [0.1, 0.15) is 52.4 Å². The fourth-order valence-corrected chi connectivity index (χ4v) is 3.03. The van der Waals surface area contributed by atoms with Gasteiger partial charge in [-0.2, -0.15) is 0 Å². The maximum Gasteiger partial charge on any atom is 0.225 e. The van der Waals surface area contributed by atoms with E-state index in [0.717, 1.165) is 51.6 Å². The molecular formula is C17H29NO2. The lowest BCUT2D eigenvalue weighted by Gasteiger charge is -2.35. The highest BCUT2D eigenvalue weighted by Gasteiger charge is 2.28. The summed E-state index contributed by atoms with van der Waals surface area (Å²) in [6, 6.07) is 0. The first-order valence-electron chi connectivity index (χ1n) is 8.02. The second kappa shape index (κ2) is 9.83. The zero-order valence-corrected chi connectivity index (χ0v) is 13.1. The van der Waals surface area contributed by atoms with E-state index in [1.54, 1.807) is 0 Å². The van der Waals surface area contributed by atoms with E-state index in [4.69, 9.17) is 11.2 Å². The van der Waals surface area contributed by atoms with Crippen molar-refractivity contribution in [1.82, 2.24) is 4.90 Å². The molecule has 0 aromatic rings. The van der Waals surface area contributed by atoms with Gasteiger partial charge in [-0.25, -0.2) is 0 Å². The van der Waals surface area contributed by atoms with Crippen molar-refractivity contribution in [2.24, 2.45) is 11.8 Å². The Morgan fingerprint density at radius 3 is 2.70 bits per heavy atom. The molecule has 1 aliphatic rings. The summed E-state index contributed by atoms with van der Waals surface area (Å²) in [6.07, 6.45) is 11.6. The molecule has 1 amide bonds. The number of likely N-dealkylation sites (tertiary alicyclic amines) is 1. The van der Waals surface area contributed by atoms with Gasteiger partial charge in [0.15, 0.2) is 0 Å². The molecule has 1 unspecified atom stereocenters. The third-order valence-electron chi connectivity index (χ3n) is 3.99. The number of nitrogens with zero attached hydrogens (tertiary/aromatic N) is 1. The quantitative estimate of drug-likeness (QED) is 0.505. The molecule has 20 heavy (non-hydrogen) atoms. The molecule has 0 aliphatic carbocycles. The SMILES string of the molecule is C#CCOCC1CCCN(C(=O)C(CCC)CCC)C1. The fourth-order valence-electron chi connectivity index (χ4n) is 3.03. The van der Waals surface area contributed by atoms with Gasteiger partial charge in [-0.1, -0.05) is 32.6 Å². The van der Waals surface area contributed by atoms with Gasteiger partial charge in [-0.3, -0.25) is 4.79 Å². The molecule has 0 N–H and O–H groups in total. The normalized spacial score (nSPS) is 19.1. The minimum atomic E-state index is 0.218. The van der Waals surface area contributed by atoms with Gasteiger partial charge in [0.25, 0.3) is 0 Å². The number of piperidine rings is 1. The first kappa shape index (κ1) is 17.0. The molecule has 0 aromatic carbocycles. The van der Waals surface area contributed by atoms with Crippen LogP contribution in [0.15, 0.2) is 0 Å². The molecule has 3 nitrogen and oxygen atoms in total. The van der Waals surface area contributed by atoms with E-state index in [-0.39, 0.29) is 5.92 Å². The zero-order valence-electron chi connectivity index (χ0n) is 13.1. The molecule has 0 bridgehead atoms. The van der Waals surface area contributed by atoms with Crippen LogP contribution in [0.2, 0.25) is 0 Å². The lowest BCUT2D eigenvalue weighted by molar-refractivity contribution is -0.138. The van der Waals surface area contributed by atoms with Crippen LogP contribution < -0.4 is 0 Å². The van der Waals surface area contributed by atoms with Gasteiger partial charge in [-0.05, 0) is 31.6 Å². The molecule has 1 fully saturated rings. The van der Waals surface area contributed by atoms with E-state index >= 15 is 0 Å². The molecule has 1 heterocycles. The molecule has 1 atom stereocenters. The molecule has 0 aromatic heterocycles. The summed E-state index contributed by atoms with van der Waals surface area (Å²) in [4.78, 5) is 14.7. The molecule has 1 rings (SSSR count). The van der Waals surface area contributed by atoms with Crippen LogP contribution in [0, 0.1) is 24.2 Å². The van der Waals surface area contributed by atoms with Crippen molar-refractivity contribution >= 4 is 5.91 Å². The Bertz CT molecular complexity index is 315. The molecule has 1 saturated heterocycles. The Morgan fingerprint density at radius 1 is 1.40 bits per heavy atom. The lowest BCUT2D eigenvalue weighted by Crippen LogP contribution is -2.44. The van der Waals surface area contributed by atoms with E-state index in [9.17, 15) is 4.79 Å². The van der Waals surface area contributed by atoms with Crippen LogP contribution in [0.5, 0.6) is 0 Å². The standard InChI is InChI=1S/C17H29NO2/c1-4-8-16(9-5-2)17(19)18-11-7-10-15(13-18)14-20-12-6-3/h3,15-16H,4-5,7-14H2,1-2H3. The topological polar surface area (TPSA) is 29.5 Å². The van der Waals surface area contributed by atoms with Crippen molar-refractivity contribution in [3.8, 4) is 12.3 Å². The van der Waals surface area contributed by atoms with Crippen LogP contribution in [0.25, 0.3) is 0 Å². The van der Waals surface area contributed by atoms with Crippen LogP contribution in [0.4, 0.5) is 0 Å². The summed E-state index contributed by atoms with van der Waals surface area (Å²) < 4.78 is 5.43. The Kier molecular flexibility index (Phi) is 8.37. The molecule has 3 heteroatoms. The van der Waals surface area contributed by atoms with Crippen molar-refractivity contribution in [2.75, 3.05) is 26.3 Å². The third kappa shape index (κ3) is 5.54. The largest absolute Gasteiger partial charge is 0.368 e. The number of hydrogen-bond acceptors (Lipinski definition) is 2. The number of carbonyl (C=O) groups is 1. The van der Waals surface area contributed by atoms with Gasteiger partial charge in [-0.15, -0.1) is 6.42 Å². The Labute approximate surface area is 124 Å². The first-order chi connectivity index (χ1) is 9.72. The fraction of sp³-hybridized carbons (Fsp3) is 0.824. The lowest BCUT2D eigenvalue weighted by atomic mass is 9.93. The highest BCUT2D eigenvalue weighted by atomic mass is 16.5. The predicted octanol–water partition coefficient (Wildman–Crippen LogP) is 3.09. The monoisotopic (exact) mass is 279 g/mol. The number of amides is 1. The van der Waals surface area contributed by atoms with Gasteiger partial charge in [0.2, 0.25) is 5.91 Å². The molecular weight excluding hydrogens is 250 g/mol. The summed E-state index contributed by atoms with van der Waals surface area (Å²) in [5.74, 6) is 3.51. The van der Waals surface area contributed by atoms with Gasteiger partial charge in [0, 0.05) is 19.0 Å². The maximum atomic E-state index is 12.6. The highest BCUT2D eigenvalue weighted by molar-refractivity contribution is 5.78. The van der Waals surface area contributed by atoms with Crippen molar-refractivity contribution in [2.45, 2.75) is 52.4 Å². The van der Waals surface area contributed by atoms with E-state index in [0.29, 0.717) is 25.0 Å². The van der Waals surface area contributed by atoms with Crippen molar-refractivity contribution in [3.63, 3.8) is 0 Å². The zero-order chi connectivity index (χ0) is 14.8. The predicted molar refractivity (Wildman–Crippen MR) is 82.3 cm³/mol. The molecule has 1 aliphatic heterocycles. The highest BCUT2D eigenvalue weighted by Crippen LogP contribution is 2.22. The summed E-state index contributed by atoms with van der Waals surface area (Å²) in [5, 5.41) is 0. The van der Waals surface area contributed by atoms with Crippen LogP contribution in [-0.2, 0) is 9.53 Å². The van der Waals surface area contributed by atoms with E-state index in [1.165, 1.54) is 0 Å². The number of ether oxygens (including phenoxy) is 1. The third-order valence-corrected chi connectivity index (χ3v) is 3.99. The van der Waals surface area contributed by atoms with Crippen molar-refractivity contribution in [1.29, 1.82) is 0 Å². The Morgan fingerprint density at radius 2 is 2.10 bits per heavy atom. The average Bonchev–Trinajstić information content (AvgIpc) is 2.47. The molecule has 0 saturated carbocycles. The number of hydrogen-bond donors (Lipinski definition) is 0. The maximum absolute atomic E-state index is 12.6. The summed E-state index contributed by atoms with van der Waals surface area (Å²) in [5.41, 5.74) is 0. The van der Waals surface area contributed by atoms with Gasteiger partial charge in [0.1, 0.15) is 6.61 Å². The van der Waals surface area contributed by atoms with Crippen molar-refractivity contribution < 1.29 is 9.53 Å². The number of rotatable bonds is 8. The second-order valence-electron chi connectivity index (χ2n) is 5.79. The molecule has 114 valence electrons. The summed E-state index contributed by atoms with van der Waals surface area (Å²) >= 11 is 0. The first-order valence-corrected chi connectivity index (χ1v) is 8.02.